The first-order valence-electron chi connectivity index (χ1n) is 6.51. The van der Waals surface area contributed by atoms with Crippen LogP contribution in [0.4, 0.5) is 14.9 Å². The predicted molar refractivity (Wildman–Crippen MR) is 82.6 cm³/mol. The largest absolute Gasteiger partial charge is 0.339 e. The van der Waals surface area contributed by atoms with Gasteiger partial charge < -0.3 is 5.32 Å². The van der Waals surface area contributed by atoms with Gasteiger partial charge in [0.25, 0.3) is 0 Å². The van der Waals surface area contributed by atoms with Crippen LogP contribution in [-0.2, 0) is 0 Å². The van der Waals surface area contributed by atoms with Gasteiger partial charge in [-0.1, -0.05) is 12.1 Å². The maximum absolute atomic E-state index is 12.7. The molecule has 2 rings (SSSR count). The highest BCUT2D eigenvalue weighted by Crippen LogP contribution is 2.09. The minimum atomic E-state index is -0.520. The van der Waals surface area contributed by atoms with Crippen molar-refractivity contribution in [3.63, 3.8) is 0 Å². The van der Waals surface area contributed by atoms with E-state index in [2.05, 4.69) is 15.8 Å². The number of benzene rings is 2. The topological polar surface area (TPSA) is 70.6 Å². The summed E-state index contributed by atoms with van der Waals surface area (Å²) in [6.07, 6.45) is 1.40. The summed E-state index contributed by atoms with van der Waals surface area (Å²) in [5.74, 6) is -0.378. The number of hydrogen-bond donors (Lipinski definition) is 2. The van der Waals surface area contributed by atoms with Gasteiger partial charge >= 0.3 is 6.03 Å². The maximum Gasteiger partial charge on any atom is 0.339 e. The molecule has 0 bridgehead atoms. The highest BCUT2D eigenvalue weighted by molar-refractivity contribution is 5.95. The summed E-state index contributed by atoms with van der Waals surface area (Å²) in [6.45, 7) is 1.47. The Morgan fingerprint density at radius 2 is 1.68 bits per heavy atom. The molecule has 0 aliphatic carbocycles. The van der Waals surface area contributed by atoms with E-state index in [4.69, 9.17) is 0 Å². The first-order chi connectivity index (χ1) is 10.5. The standard InChI is InChI=1S/C16H14FN3O2/c1-11(21)13-4-8-15(9-5-13)19-16(22)20-18-10-12-2-6-14(17)7-3-12/h2-10H,1H3,(H2,19,20,22)/b18-10+. The number of nitrogens with one attached hydrogen (secondary N) is 2. The van der Waals surface area contributed by atoms with E-state index < -0.39 is 6.03 Å². The Kier molecular flexibility index (Phi) is 4.98. The first kappa shape index (κ1) is 15.4. The second-order valence-electron chi connectivity index (χ2n) is 4.51. The minimum absolute atomic E-state index is 0.0418. The quantitative estimate of drug-likeness (QED) is 0.517. The molecule has 2 amide bonds. The average molecular weight is 299 g/mol. The number of hydrazone groups is 1. The average Bonchev–Trinajstić information content (AvgIpc) is 2.50. The Morgan fingerprint density at radius 3 is 2.27 bits per heavy atom. The van der Waals surface area contributed by atoms with Crippen molar-refractivity contribution < 1.29 is 14.0 Å². The van der Waals surface area contributed by atoms with Gasteiger partial charge in [-0.3, -0.25) is 4.79 Å². The lowest BCUT2D eigenvalue weighted by atomic mass is 10.1. The molecule has 0 fully saturated rings. The number of urea groups is 1. The van der Waals surface area contributed by atoms with Crippen LogP contribution >= 0.6 is 0 Å². The molecule has 2 aromatic rings. The fourth-order valence-corrected chi connectivity index (χ4v) is 1.66. The van der Waals surface area contributed by atoms with Gasteiger partial charge in [-0.05, 0) is 48.9 Å². The van der Waals surface area contributed by atoms with E-state index in [-0.39, 0.29) is 11.6 Å². The molecule has 0 unspecified atom stereocenters. The summed E-state index contributed by atoms with van der Waals surface area (Å²) in [4.78, 5) is 22.7. The zero-order valence-electron chi connectivity index (χ0n) is 11.8. The number of ketones is 1. The fourth-order valence-electron chi connectivity index (χ4n) is 1.66. The summed E-state index contributed by atoms with van der Waals surface area (Å²) < 4.78 is 12.7. The van der Waals surface area contributed by atoms with Crippen LogP contribution in [0.5, 0.6) is 0 Å². The zero-order valence-corrected chi connectivity index (χ0v) is 11.8. The van der Waals surface area contributed by atoms with Gasteiger partial charge in [0, 0.05) is 11.3 Å². The molecule has 5 nitrogen and oxygen atoms in total. The Balaban J connectivity index is 1.87. The second-order valence-corrected chi connectivity index (χ2v) is 4.51. The SMILES string of the molecule is CC(=O)c1ccc(NC(=O)N/N=C/c2ccc(F)cc2)cc1. The van der Waals surface area contributed by atoms with Crippen molar-refractivity contribution in [3.8, 4) is 0 Å². The van der Waals surface area contributed by atoms with Crippen LogP contribution in [0.15, 0.2) is 53.6 Å². The van der Waals surface area contributed by atoms with Crippen molar-refractivity contribution in [2.24, 2.45) is 5.10 Å². The third-order valence-corrected chi connectivity index (χ3v) is 2.80. The summed E-state index contributed by atoms with van der Waals surface area (Å²) in [6, 6.07) is 11.7. The Morgan fingerprint density at radius 1 is 1.05 bits per heavy atom. The van der Waals surface area contributed by atoms with Crippen molar-refractivity contribution in [2.45, 2.75) is 6.92 Å². The number of Topliss-reactive ketones (excluding diaryl/α,β-unsaturated/α-hetero) is 1. The van der Waals surface area contributed by atoms with Crippen LogP contribution in [0.25, 0.3) is 0 Å². The van der Waals surface area contributed by atoms with Crippen molar-refractivity contribution >= 4 is 23.7 Å². The minimum Gasteiger partial charge on any atom is -0.307 e. The fraction of sp³-hybridized carbons (Fsp3) is 0.0625. The maximum atomic E-state index is 12.7. The molecule has 0 aliphatic heterocycles. The van der Waals surface area contributed by atoms with Crippen LogP contribution in [0.1, 0.15) is 22.8 Å². The van der Waals surface area contributed by atoms with Crippen LogP contribution in [0.3, 0.4) is 0 Å². The van der Waals surface area contributed by atoms with E-state index in [1.165, 1.54) is 25.3 Å². The number of hydrogen-bond acceptors (Lipinski definition) is 3. The highest BCUT2D eigenvalue weighted by Gasteiger charge is 2.02. The second kappa shape index (κ2) is 7.12. The van der Waals surface area contributed by atoms with Crippen LogP contribution in [0, 0.1) is 5.82 Å². The lowest BCUT2D eigenvalue weighted by molar-refractivity contribution is 0.101. The Bertz CT molecular complexity index is 694. The molecule has 0 saturated heterocycles. The molecule has 0 spiro atoms. The van der Waals surface area contributed by atoms with Crippen LogP contribution in [0.2, 0.25) is 0 Å². The van der Waals surface area contributed by atoms with E-state index >= 15 is 0 Å². The van der Waals surface area contributed by atoms with Crippen molar-refractivity contribution in [1.82, 2.24) is 5.43 Å². The van der Waals surface area contributed by atoms with Gasteiger partial charge in [0.1, 0.15) is 5.82 Å². The van der Waals surface area contributed by atoms with Crippen LogP contribution < -0.4 is 10.7 Å². The molecule has 0 saturated carbocycles. The molecule has 0 aromatic heterocycles. The molecule has 0 heterocycles. The van der Waals surface area contributed by atoms with Crippen molar-refractivity contribution in [3.05, 3.63) is 65.5 Å². The summed E-state index contributed by atoms with van der Waals surface area (Å²) >= 11 is 0. The number of amides is 2. The van der Waals surface area contributed by atoms with E-state index in [0.717, 1.165) is 0 Å². The number of anilines is 1. The Hall–Kier alpha value is -3.02. The number of carbonyl (C=O) groups excluding carboxylic acids is 2. The molecular formula is C16H14FN3O2. The van der Waals surface area contributed by atoms with Crippen molar-refractivity contribution in [1.29, 1.82) is 0 Å². The van der Waals surface area contributed by atoms with Gasteiger partial charge in [0.05, 0.1) is 6.21 Å². The first-order valence-corrected chi connectivity index (χ1v) is 6.51. The number of nitrogens with zero attached hydrogens (tertiary/aromatic N) is 1. The van der Waals surface area contributed by atoms with E-state index in [0.29, 0.717) is 16.8 Å². The number of rotatable bonds is 4. The van der Waals surface area contributed by atoms with Crippen molar-refractivity contribution in [2.75, 3.05) is 5.32 Å². The summed E-state index contributed by atoms with van der Waals surface area (Å²) in [7, 11) is 0. The molecule has 2 aromatic carbocycles. The summed E-state index contributed by atoms with van der Waals surface area (Å²) in [5.41, 5.74) is 4.06. The van der Waals surface area contributed by atoms with Gasteiger partial charge in [-0.2, -0.15) is 5.10 Å². The summed E-state index contributed by atoms with van der Waals surface area (Å²) in [5, 5.41) is 6.32. The highest BCUT2D eigenvalue weighted by atomic mass is 19.1. The monoisotopic (exact) mass is 299 g/mol. The Labute approximate surface area is 126 Å². The van der Waals surface area contributed by atoms with Gasteiger partial charge in [0.2, 0.25) is 0 Å². The van der Waals surface area contributed by atoms with E-state index in [1.807, 2.05) is 0 Å². The van der Waals surface area contributed by atoms with E-state index in [1.54, 1.807) is 36.4 Å². The van der Waals surface area contributed by atoms with Gasteiger partial charge in [-0.15, -0.1) is 0 Å². The molecule has 0 radical (unpaired) electrons. The number of carbonyl (C=O) groups is 2. The third-order valence-electron chi connectivity index (χ3n) is 2.80. The molecular weight excluding hydrogens is 285 g/mol. The molecule has 0 atom stereocenters. The van der Waals surface area contributed by atoms with Gasteiger partial charge in [0.15, 0.2) is 5.78 Å². The van der Waals surface area contributed by atoms with E-state index in [9.17, 15) is 14.0 Å². The number of halogens is 1. The lowest BCUT2D eigenvalue weighted by Crippen LogP contribution is -2.24. The smallest absolute Gasteiger partial charge is 0.307 e. The molecule has 2 N–H and O–H groups in total. The predicted octanol–water partition coefficient (Wildman–Crippen LogP) is 3.18. The zero-order chi connectivity index (χ0) is 15.9. The normalized spacial score (nSPS) is 10.5. The lowest BCUT2D eigenvalue weighted by Gasteiger charge is -2.04. The molecule has 6 heteroatoms. The van der Waals surface area contributed by atoms with Gasteiger partial charge in [-0.25, -0.2) is 14.6 Å². The van der Waals surface area contributed by atoms with Crippen LogP contribution in [-0.4, -0.2) is 18.0 Å². The third kappa shape index (κ3) is 4.52. The molecule has 22 heavy (non-hydrogen) atoms. The molecule has 112 valence electrons. The molecule has 0 aliphatic rings.